The maximum absolute atomic E-state index is 6.10. The third-order valence-corrected chi connectivity index (χ3v) is 3.86. The molecule has 0 aromatic heterocycles. The van der Waals surface area contributed by atoms with Crippen LogP contribution in [0.3, 0.4) is 0 Å². The summed E-state index contributed by atoms with van der Waals surface area (Å²) in [5.41, 5.74) is 1.16. The third kappa shape index (κ3) is 2.09. The van der Waals surface area contributed by atoms with Crippen LogP contribution in [-0.4, -0.2) is 44.2 Å². The lowest BCUT2D eigenvalue weighted by molar-refractivity contribution is 0.242. The van der Waals surface area contributed by atoms with Crippen molar-refractivity contribution in [3.8, 4) is 5.75 Å². The fourth-order valence-corrected chi connectivity index (χ4v) is 2.88. The number of rotatable bonds is 0. The molecule has 0 saturated carbocycles. The summed E-state index contributed by atoms with van der Waals surface area (Å²) in [6.07, 6.45) is 1.08. The Morgan fingerprint density at radius 3 is 3.12 bits per heavy atom. The number of halogens is 1. The van der Waals surface area contributed by atoms with Crippen LogP contribution in [0.5, 0.6) is 5.75 Å². The molecule has 1 unspecified atom stereocenters. The largest absolute Gasteiger partial charge is 0.491 e. The molecule has 0 aliphatic carbocycles. The normalized spacial score (nSPS) is 24.6. The molecule has 1 atom stereocenters. The summed E-state index contributed by atoms with van der Waals surface area (Å²) in [5, 5.41) is 0.784. The van der Waals surface area contributed by atoms with Gasteiger partial charge in [0, 0.05) is 37.1 Å². The van der Waals surface area contributed by atoms with Gasteiger partial charge in [-0.3, -0.25) is 0 Å². The van der Waals surface area contributed by atoms with Crippen molar-refractivity contribution in [1.29, 1.82) is 0 Å². The molecule has 1 aromatic rings. The Balaban J connectivity index is 1.98. The third-order valence-electron chi connectivity index (χ3n) is 3.62. The molecule has 0 N–H and O–H groups in total. The Kier molecular flexibility index (Phi) is 2.89. The van der Waals surface area contributed by atoms with Gasteiger partial charge in [-0.15, -0.1) is 0 Å². The second-order valence-corrected chi connectivity index (χ2v) is 5.30. The van der Waals surface area contributed by atoms with Gasteiger partial charge in [-0.25, -0.2) is 0 Å². The van der Waals surface area contributed by atoms with Gasteiger partial charge in [0.2, 0.25) is 0 Å². The van der Waals surface area contributed by atoms with Crippen molar-refractivity contribution >= 4 is 17.3 Å². The van der Waals surface area contributed by atoms with E-state index in [2.05, 4.69) is 16.8 Å². The van der Waals surface area contributed by atoms with Crippen LogP contribution >= 0.6 is 11.6 Å². The van der Waals surface area contributed by atoms with Crippen molar-refractivity contribution < 1.29 is 4.74 Å². The van der Waals surface area contributed by atoms with Crippen LogP contribution in [0.4, 0.5) is 5.69 Å². The maximum atomic E-state index is 6.10. The molecule has 1 saturated heterocycles. The summed E-state index contributed by atoms with van der Waals surface area (Å²) in [7, 11) is 2.18. The van der Waals surface area contributed by atoms with Gasteiger partial charge in [0.25, 0.3) is 0 Å². The molecule has 2 heterocycles. The molecule has 2 aliphatic heterocycles. The lowest BCUT2D eigenvalue weighted by Crippen LogP contribution is -2.51. The Morgan fingerprint density at radius 1 is 1.35 bits per heavy atom. The van der Waals surface area contributed by atoms with Gasteiger partial charge in [-0.05, 0) is 25.2 Å². The second-order valence-electron chi connectivity index (χ2n) is 4.86. The van der Waals surface area contributed by atoms with Crippen LogP contribution in [0.1, 0.15) is 6.42 Å². The van der Waals surface area contributed by atoms with Crippen LogP contribution in [-0.2, 0) is 0 Å². The first kappa shape index (κ1) is 11.2. The molecular formula is C13H17ClN2O. The van der Waals surface area contributed by atoms with E-state index in [1.807, 2.05) is 18.2 Å². The number of ether oxygens (including phenoxy) is 1. The SMILES string of the molecule is CN1CCN2c3cc(Cl)ccc3OCCC2C1. The van der Waals surface area contributed by atoms with Gasteiger partial charge in [-0.1, -0.05) is 11.6 Å². The smallest absolute Gasteiger partial charge is 0.142 e. The molecule has 0 radical (unpaired) electrons. The van der Waals surface area contributed by atoms with Gasteiger partial charge in [0.15, 0.2) is 0 Å². The average molecular weight is 253 g/mol. The van der Waals surface area contributed by atoms with Crippen molar-refractivity contribution in [2.45, 2.75) is 12.5 Å². The molecule has 0 amide bonds. The van der Waals surface area contributed by atoms with Gasteiger partial charge < -0.3 is 14.5 Å². The van der Waals surface area contributed by atoms with E-state index in [0.29, 0.717) is 6.04 Å². The number of anilines is 1. The van der Waals surface area contributed by atoms with Gasteiger partial charge in [0.05, 0.1) is 12.3 Å². The van der Waals surface area contributed by atoms with E-state index in [4.69, 9.17) is 16.3 Å². The molecule has 0 bridgehead atoms. The topological polar surface area (TPSA) is 15.7 Å². The summed E-state index contributed by atoms with van der Waals surface area (Å²) < 4.78 is 5.81. The monoisotopic (exact) mass is 252 g/mol. The van der Waals surface area contributed by atoms with E-state index in [0.717, 1.165) is 49.1 Å². The molecular weight excluding hydrogens is 236 g/mol. The number of likely N-dealkylation sites (N-methyl/N-ethyl adjacent to an activating group) is 1. The predicted molar refractivity (Wildman–Crippen MR) is 70.2 cm³/mol. The summed E-state index contributed by atoms with van der Waals surface area (Å²) in [6.45, 7) is 4.05. The molecule has 17 heavy (non-hydrogen) atoms. The number of hydrogen-bond acceptors (Lipinski definition) is 3. The van der Waals surface area contributed by atoms with E-state index in [-0.39, 0.29) is 0 Å². The summed E-state index contributed by atoms with van der Waals surface area (Å²) in [6, 6.07) is 6.46. The van der Waals surface area contributed by atoms with Crippen molar-refractivity contribution in [2.24, 2.45) is 0 Å². The van der Waals surface area contributed by atoms with Crippen LogP contribution in [0.25, 0.3) is 0 Å². The van der Waals surface area contributed by atoms with Crippen LogP contribution in [0, 0.1) is 0 Å². The number of nitrogens with zero attached hydrogens (tertiary/aromatic N) is 2. The summed E-state index contributed by atoms with van der Waals surface area (Å²) in [4.78, 5) is 4.84. The standard InChI is InChI=1S/C13H17ClN2O/c1-15-5-6-16-11(9-15)4-7-17-13-3-2-10(14)8-12(13)16/h2-3,8,11H,4-7,9H2,1H3. The van der Waals surface area contributed by atoms with E-state index in [1.165, 1.54) is 0 Å². The van der Waals surface area contributed by atoms with Crippen LogP contribution in [0.15, 0.2) is 18.2 Å². The highest BCUT2D eigenvalue weighted by Gasteiger charge is 2.29. The molecule has 1 aromatic carbocycles. The van der Waals surface area contributed by atoms with Gasteiger partial charge in [0.1, 0.15) is 5.75 Å². The molecule has 1 fully saturated rings. The number of piperazine rings is 1. The van der Waals surface area contributed by atoms with E-state index >= 15 is 0 Å². The molecule has 3 rings (SSSR count). The first-order chi connectivity index (χ1) is 8.24. The Labute approximate surface area is 107 Å². The maximum Gasteiger partial charge on any atom is 0.142 e. The molecule has 2 aliphatic rings. The Bertz CT molecular complexity index is 424. The first-order valence-corrected chi connectivity index (χ1v) is 6.49. The zero-order valence-electron chi connectivity index (χ0n) is 10.0. The zero-order chi connectivity index (χ0) is 11.8. The van der Waals surface area contributed by atoms with Crippen molar-refractivity contribution in [3.63, 3.8) is 0 Å². The minimum absolute atomic E-state index is 0.550. The van der Waals surface area contributed by atoms with Crippen molar-refractivity contribution in [3.05, 3.63) is 23.2 Å². The molecule has 92 valence electrons. The molecule has 4 heteroatoms. The number of hydrogen-bond donors (Lipinski definition) is 0. The first-order valence-electron chi connectivity index (χ1n) is 6.11. The highest BCUT2D eigenvalue weighted by molar-refractivity contribution is 6.30. The van der Waals surface area contributed by atoms with Gasteiger partial charge in [-0.2, -0.15) is 0 Å². The van der Waals surface area contributed by atoms with Crippen LogP contribution in [0.2, 0.25) is 5.02 Å². The minimum atomic E-state index is 0.550. The van der Waals surface area contributed by atoms with Crippen molar-refractivity contribution in [1.82, 2.24) is 4.90 Å². The molecule has 0 spiro atoms. The van der Waals surface area contributed by atoms with Gasteiger partial charge >= 0.3 is 0 Å². The lowest BCUT2D eigenvalue weighted by Gasteiger charge is -2.40. The van der Waals surface area contributed by atoms with E-state index < -0.39 is 0 Å². The fourth-order valence-electron chi connectivity index (χ4n) is 2.72. The van der Waals surface area contributed by atoms with Crippen LogP contribution < -0.4 is 9.64 Å². The van der Waals surface area contributed by atoms with E-state index in [1.54, 1.807) is 0 Å². The second kappa shape index (κ2) is 4.39. The lowest BCUT2D eigenvalue weighted by atomic mass is 10.1. The number of fused-ring (bicyclic) bond motifs is 3. The van der Waals surface area contributed by atoms with Crippen molar-refractivity contribution in [2.75, 3.05) is 38.2 Å². The fraction of sp³-hybridized carbons (Fsp3) is 0.538. The number of benzene rings is 1. The summed E-state index contributed by atoms with van der Waals surface area (Å²) >= 11 is 6.10. The molecule has 3 nitrogen and oxygen atoms in total. The minimum Gasteiger partial charge on any atom is -0.491 e. The summed E-state index contributed by atoms with van der Waals surface area (Å²) in [5.74, 6) is 0.974. The highest BCUT2D eigenvalue weighted by Crippen LogP contribution is 2.36. The average Bonchev–Trinajstić information content (AvgIpc) is 2.47. The highest BCUT2D eigenvalue weighted by atomic mass is 35.5. The Hall–Kier alpha value is -0.930. The Morgan fingerprint density at radius 2 is 2.24 bits per heavy atom. The predicted octanol–water partition coefficient (Wildman–Crippen LogP) is 2.24. The van der Waals surface area contributed by atoms with E-state index in [9.17, 15) is 0 Å². The zero-order valence-corrected chi connectivity index (χ0v) is 10.8. The quantitative estimate of drug-likeness (QED) is 0.704.